The van der Waals surface area contributed by atoms with Gasteiger partial charge >= 0.3 is 0 Å². The fourth-order valence-corrected chi connectivity index (χ4v) is 1.26. The summed E-state index contributed by atoms with van der Waals surface area (Å²) in [5, 5.41) is 9.74. The Morgan fingerprint density at radius 3 is 3.08 bits per heavy atom. The third-order valence-electron chi connectivity index (χ3n) is 2.08. The van der Waals surface area contributed by atoms with Gasteiger partial charge in [-0.25, -0.2) is 0 Å². The molecule has 1 aromatic rings. The van der Waals surface area contributed by atoms with Crippen LogP contribution in [0.2, 0.25) is 0 Å². The van der Waals surface area contributed by atoms with E-state index in [1.807, 2.05) is 19.1 Å². The molecule has 2 heteroatoms. The molecule has 0 aromatic carbocycles. The lowest BCUT2D eigenvalue weighted by molar-refractivity contribution is 0.167. The lowest BCUT2D eigenvalue weighted by Gasteiger charge is -2.11. The van der Waals surface area contributed by atoms with Gasteiger partial charge in [0, 0.05) is 18.0 Å². The van der Waals surface area contributed by atoms with Gasteiger partial charge in [-0.15, -0.1) is 6.58 Å². The molecule has 0 saturated carbocycles. The second-order valence-corrected chi connectivity index (χ2v) is 3.11. The Bertz CT molecular complexity index is 283. The smallest absolute Gasteiger partial charge is 0.0810 e. The predicted molar refractivity (Wildman–Crippen MR) is 53.4 cm³/mol. The zero-order chi connectivity index (χ0) is 9.68. The molecule has 1 unspecified atom stereocenters. The Balaban J connectivity index is 2.70. The number of hydrogen-bond donors (Lipinski definition) is 1. The van der Waals surface area contributed by atoms with Crippen LogP contribution in [-0.4, -0.2) is 10.1 Å². The summed E-state index contributed by atoms with van der Waals surface area (Å²) in [6, 6.07) is 1.91. The van der Waals surface area contributed by atoms with E-state index in [-0.39, 0.29) is 0 Å². The van der Waals surface area contributed by atoms with E-state index in [0.717, 1.165) is 24.0 Å². The van der Waals surface area contributed by atoms with Gasteiger partial charge in [0.1, 0.15) is 0 Å². The minimum Gasteiger partial charge on any atom is -0.388 e. The molecule has 70 valence electrons. The van der Waals surface area contributed by atoms with Crippen LogP contribution in [0.4, 0.5) is 0 Å². The number of hydrogen-bond acceptors (Lipinski definition) is 2. The van der Waals surface area contributed by atoms with Crippen LogP contribution < -0.4 is 0 Å². The molecule has 0 aliphatic rings. The maximum Gasteiger partial charge on any atom is 0.0810 e. The Kier molecular flexibility index (Phi) is 3.65. The molecule has 0 aliphatic heterocycles. The average Bonchev–Trinajstić information content (AvgIpc) is 2.15. The highest BCUT2D eigenvalue weighted by Crippen LogP contribution is 2.20. The summed E-state index contributed by atoms with van der Waals surface area (Å²) in [6.45, 7) is 5.60. The van der Waals surface area contributed by atoms with E-state index in [1.165, 1.54) is 0 Å². The van der Waals surface area contributed by atoms with Gasteiger partial charge < -0.3 is 5.11 Å². The molecular weight excluding hydrogens is 162 g/mol. The molecule has 1 N–H and O–H groups in total. The summed E-state index contributed by atoms with van der Waals surface area (Å²) in [6.07, 6.45) is 6.41. The van der Waals surface area contributed by atoms with Gasteiger partial charge in [0.15, 0.2) is 0 Å². The topological polar surface area (TPSA) is 33.1 Å². The molecule has 13 heavy (non-hydrogen) atoms. The largest absolute Gasteiger partial charge is 0.388 e. The number of aliphatic hydroxyl groups excluding tert-OH is 1. The highest BCUT2D eigenvalue weighted by Gasteiger charge is 2.08. The minimum atomic E-state index is -0.410. The lowest BCUT2D eigenvalue weighted by Crippen LogP contribution is -1.99. The SMILES string of the molecule is C=CCCC(O)c1cnccc1C. The summed E-state index contributed by atoms with van der Waals surface area (Å²) in [7, 11) is 0. The first-order chi connectivity index (χ1) is 6.25. The number of pyridine rings is 1. The fourth-order valence-electron chi connectivity index (χ4n) is 1.26. The van der Waals surface area contributed by atoms with Crippen LogP contribution in [0, 0.1) is 6.92 Å². The normalized spacial score (nSPS) is 12.5. The van der Waals surface area contributed by atoms with Crippen molar-refractivity contribution in [3.63, 3.8) is 0 Å². The van der Waals surface area contributed by atoms with Crippen molar-refractivity contribution in [3.05, 3.63) is 42.2 Å². The third kappa shape index (κ3) is 2.67. The van der Waals surface area contributed by atoms with Gasteiger partial charge in [0.2, 0.25) is 0 Å². The van der Waals surface area contributed by atoms with E-state index < -0.39 is 6.10 Å². The van der Waals surface area contributed by atoms with Gasteiger partial charge in [0.05, 0.1) is 6.10 Å². The fraction of sp³-hybridized carbons (Fsp3) is 0.364. The van der Waals surface area contributed by atoms with Crippen molar-refractivity contribution in [1.82, 2.24) is 4.98 Å². The summed E-state index contributed by atoms with van der Waals surface area (Å²) < 4.78 is 0. The molecule has 0 amide bonds. The molecule has 0 bridgehead atoms. The monoisotopic (exact) mass is 177 g/mol. The Hall–Kier alpha value is -1.15. The van der Waals surface area contributed by atoms with Crippen molar-refractivity contribution in [1.29, 1.82) is 0 Å². The van der Waals surface area contributed by atoms with Crippen LogP contribution in [0.5, 0.6) is 0 Å². The number of rotatable bonds is 4. The van der Waals surface area contributed by atoms with Crippen molar-refractivity contribution in [3.8, 4) is 0 Å². The van der Waals surface area contributed by atoms with Crippen LogP contribution in [-0.2, 0) is 0 Å². The molecular formula is C11H15NO. The molecule has 0 spiro atoms. The second kappa shape index (κ2) is 4.77. The highest BCUT2D eigenvalue weighted by molar-refractivity contribution is 5.23. The molecule has 1 rings (SSSR count). The van der Waals surface area contributed by atoms with Gasteiger partial charge in [-0.05, 0) is 31.4 Å². The van der Waals surface area contributed by atoms with Gasteiger partial charge in [-0.3, -0.25) is 4.98 Å². The molecule has 0 saturated heterocycles. The average molecular weight is 177 g/mol. The standard InChI is InChI=1S/C11H15NO/c1-3-4-5-11(13)10-8-12-7-6-9(10)2/h3,6-8,11,13H,1,4-5H2,2H3. The molecule has 0 aliphatic carbocycles. The van der Waals surface area contributed by atoms with Crippen molar-refractivity contribution in [2.75, 3.05) is 0 Å². The summed E-state index contributed by atoms with van der Waals surface area (Å²) >= 11 is 0. The first-order valence-corrected chi connectivity index (χ1v) is 4.45. The molecule has 1 heterocycles. The molecule has 0 fully saturated rings. The van der Waals surface area contributed by atoms with Crippen molar-refractivity contribution in [2.45, 2.75) is 25.9 Å². The maximum absolute atomic E-state index is 9.74. The van der Waals surface area contributed by atoms with E-state index in [4.69, 9.17) is 0 Å². The number of aromatic nitrogens is 1. The van der Waals surface area contributed by atoms with E-state index in [1.54, 1.807) is 12.4 Å². The van der Waals surface area contributed by atoms with Gasteiger partial charge in [-0.2, -0.15) is 0 Å². The predicted octanol–water partition coefficient (Wildman–Crippen LogP) is 2.39. The van der Waals surface area contributed by atoms with Crippen molar-refractivity contribution >= 4 is 0 Å². The molecule has 1 atom stereocenters. The highest BCUT2D eigenvalue weighted by atomic mass is 16.3. The van der Waals surface area contributed by atoms with Crippen LogP contribution in [0.1, 0.15) is 30.1 Å². The van der Waals surface area contributed by atoms with E-state index in [9.17, 15) is 5.11 Å². The van der Waals surface area contributed by atoms with Crippen molar-refractivity contribution < 1.29 is 5.11 Å². The van der Waals surface area contributed by atoms with Crippen LogP contribution in [0.25, 0.3) is 0 Å². The minimum absolute atomic E-state index is 0.410. The molecule has 1 aromatic heterocycles. The lowest BCUT2D eigenvalue weighted by atomic mass is 10.0. The Labute approximate surface area is 78.9 Å². The molecule has 0 radical (unpaired) electrons. The summed E-state index contributed by atoms with van der Waals surface area (Å²) in [5.41, 5.74) is 2.01. The first-order valence-electron chi connectivity index (χ1n) is 4.45. The Morgan fingerprint density at radius 2 is 2.46 bits per heavy atom. The zero-order valence-electron chi connectivity index (χ0n) is 7.90. The molecule has 2 nitrogen and oxygen atoms in total. The van der Waals surface area contributed by atoms with Crippen LogP contribution in [0.15, 0.2) is 31.1 Å². The number of nitrogens with zero attached hydrogens (tertiary/aromatic N) is 1. The quantitative estimate of drug-likeness (QED) is 0.716. The summed E-state index contributed by atoms with van der Waals surface area (Å²) in [5.74, 6) is 0. The Morgan fingerprint density at radius 1 is 1.69 bits per heavy atom. The zero-order valence-corrected chi connectivity index (χ0v) is 7.90. The van der Waals surface area contributed by atoms with E-state index >= 15 is 0 Å². The van der Waals surface area contributed by atoms with Gasteiger partial charge in [0.25, 0.3) is 0 Å². The third-order valence-corrected chi connectivity index (χ3v) is 2.08. The number of allylic oxidation sites excluding steroid dienone is 1. The van der Waals surface area contributed by atoms with E-state index in [0.29, 0.717) is 0 Å². The van der Waals surface area contributed by atoms with Crippen LogP contribution >= 0.6 is 0 Å². The van der Waals surface area contributed by atoms with E-state index in [2.05, 4.69) is 11.6 Å². The van der Waals surface area contributed by atoms with Crippen molar-refractivity contribution in [2.24, 2.45) is 0 Å². The second-order valence-electron chi connectivity index (χ2n) is 3.11. The van der Waals surface area contributed by atoms with Gasteiger partial charge in [-0.1, -0.05) is 6.08 Å². The van der Waals surface area contributed by atoms with Crippen LogP contribution in [0.3, 0.4) is 0 Å². The number of aryl methyl sites for hydroxylation is 1. The summed E-state index contributed by atoms with van der Waals surface area (Å²) in [4.78, 5) is 3.99. The number of aliphatic hydroxyl groups is 1. The first kappa shape index (κ1) is 9.93. The maximum atomic E-state index is 9.74.